The number of amides is 1. The van der Waals surface area contributed by atoms with Gasteiger partial charge in [-0.05, 0) is 62.1 Å². The summed E-state index contributed by atoms with van der Waals surface area (Å²) in [5.74, 6) is 0.336. The highest BCUT2D eigenvalue weighted by Crippen LogP contribution is 2.38. The summed E-state index contributed by atoms with van der Waals surface area (Å²) < 4.78 is 0. The van der Waals surface area contributed by atoms with Crippen LogP contribution in [0.3, 0.4) is 0 Å². The summed E-state index contributed by atoms with van der Waals surface area (Å²) in [7, 11) is 0. The fraction of sp³-hybridized carbons (Fsp3) is 0.312. The van der Waals surface area contributed by atoms with Crippen molar-refractivity contribution in [2.45, 2.75) is 32.6 Å². The smallest absolute Gasteiger partial charge is 0.276 e. The summed E-state index contributed by atoms with van der Waals surface area (Å²) in [5.41, 5.74) is 4.49. The average Bonchev–Trinajstić information content (AvgIpc) is 3.28. The van der Waals surface area contributed by atoms with Crippen LogP contribution < -0.4 is 5.32 Å². The fourth-order valence-electron chi connectivity index (χ4n) is 2.07. The number of benzene rings is 1. The summed E-state index contributed by atoms with van der Waals surface area (Å²) in [6.45, 7) is 4.07. The van der Waals surface area contributed by atoms with Crippen molar-refractivity contribution in [3.63, 3.8) is 0 Å². The second-order valence-electron chi connectivity index (χ2n) is 5.37. The first-order valence-corrected chi connectivity index (χ1v) is 6.86. The van der Waals surface area contributed by atoms with Crippen LogP contribution in [0.1, 0.15) is 46.1 Å². The van der Waals surface area contributed by atoms with Crippen molar-refractivity contribution in [2.24, 2.45) is 0 Å². The lowest BCUT2D eigenvalue weighted by molar-refractivity contribution is 0.102. The number of carbonyl (C=O) groups excluding carboxylic acids is 1. The van der Waals surface area contributed by atoms with E-state index in [2.05, 4.69) is 15.5 Å². The second-order valence-corrected chi connectivity index (χ2v) is 5.37. The highest BCUT2D eigenvalue weighted by molar-refractivity contribution is 6.02. The Morgan fingerprint density at radius 3 is 2.50 bits per heavy atom. The molecule has 1 aromatic carbocycles. The van der Waals surface area contributed by atoms with Crippen molar-refractivity contribution in [2.75, 3.05) is 5.32 Å². The Morgan fingerprint density at radius 2 is 1.90 bits per heavy atom. The van der Waals surface area contributed by atoms with Gasteiger partial charge in [0.1, 0.15) is 0 Å². The van der Waals surface area contributed by atoms with Crippen LogP contribution in [-0.2, 0) is 0 Å². The summed E-state index contributed by atoms with van der Waals surface area (Å²) in [4.78, 5) is 12.1. The molecule has 0 bridgehead atoms. The van der Waals surface area contributed by atoms with Crippen LogP contribution >= 0.6 is 0 Å². The number of hydrogen-bond donors (Lipinski definition) is 1. The molecule has 1 aliphatic rings. The van der Waals surface area contributed by atoms with Crippen molar-refractivity contribution in [3.05, 3.63) is 52.8 Å². The number of carbonyl (C=O) groups is 1. The van der Waals surface area contributed by atoms with Crippen molar-refractivity contribution < 1.29 is 4.79 Å². The SMILES string of the molecule is Cc1ccc(NC(=O)c2ccc(C3CC3)nn2)cc1C. The van der Waals surface area contributed by atoms with E-state index in [0.717, 1.165) is 16.9 Å². The van der Waals surface area contributed by atoms with Gasteiger partial charge < -0.3 is 5.32 Å². The predicted molar refractivity (Wildman–Crippen MR) is 77.9 cm³/mol. The first kappa shape index (κ1) is 12.8. The van der Waals surface area contributed by atoms with Gasteiger partial charge in [-0.25, -0.2) is 0 Å². The molecular weight excluding hydrogens is 250 g/mol. The monoisotopic (exact) mass is 267 g/mol. The highest BCUT2D eigenvalue weighted by atomic mass is 16.1. The second kappa shape index (κ2) is 5.04. The highest BCUT2D eigenvalue weighted by Gasteiger charge is 2.25. The van der Waals surface area contributed by atoms with Crippen LogP contribution in [0.15, 0.2) is 30.3 Å². The normalized spacial score (nSPS) is 14.1. The molecule has 4 nitrogen and oxygen atoms in total. The summed E-state index contributed by atoms with van der Waals surface area (Å²) in [5, 5.41) is 11.0. The van der Waals surface area contributed by atoms with Gasteiger partial charge in [0, 0.05) is 11.6 Å². The Labute approximate surface area is 118 Å². The van der Waals surface area contributed by atoms with Crippen molar-refractivity contribution in [1.29, 1.82) is 0 Å². The fourth-order valence-corrected chi connectivity index (χ4v) is 2.07. The van der Waals surface area contributed by atoms with Crippen LogP contribution in [0.25, 0.3) is 0 Å². The van der Waals surface area contributed by atoms with Gasteiger partial charge in [-0.3, -0.25) is 4.79 Å². The Balaban J connectivity index is 1.73. The van der Waals surface area contributed by atoms with Crippen LogP contribution in [0.5, 0.6) is 0 Å². The molecule has 20 heavy (non-hydrogen) atoms. The summed E-state index contributed by atoms with van der Waals surface area (Å²) in [6.07, 6.45) is 2.37. The third kappa shape index (κ3) is 2.69. The molecular formula is C16H17N3O. The largest absolute Gasteiger partial charge is 0.321 e. The number of rotatable bonds is 3. The molecule has 1 N–H and O–H groups in total. The molecule has 0 unspecified atom stereocenters. The number of nitrogens with zero attached hydrogens (tertiary/aromatic N) is 2. The Kier molecular flexibility index (Phi) is 3.22. The third-order valence-electron chi connectivity index (χ3n) is 3.68. The van der Waals surface area contributed by atoms with E-state index in [1.165, 1.54) is 18.4 Å². The maximum atomic E-state index is 12.1. The molecule has 3 rings (SSSR count). The molecule has 1 amide bonds. The molecule has 0 spiro atoms. The number of aryl methyl sites for hydroxylation is 2. The molecule has 4 heteroatoms. The zero-order valence-corrected chi connectivity index (χ0v) is 11.7. The summed E-state index contributed by atoms with van der Waals surface area (Å²) >= 11 is 0. The predicted octanol–water partition coefficient (Wildman–Crippen LogP) is 3.22. The Hall–Kier alpha value is -2.23. The number of aromatic nitrogens is 2. The lowest BCUT2D eigenvalue weighted by Gasteiger charge is -2.07. The first-order valence-electron chi connectivity index (χ1n) is 6.86. The minimum atomic E-state index is -0.219. The lowest BCUT2D eigenvalue weighted by atomic mass is 10.1. The topological polar surface area (TPSA) is 54.9 Å². The van der Waals surface area contributed by atoms with Gasteiger partial charge in [-0.2, -0.15) is 5.10 Å². The minimum absolute atomic E-state index is 0.219. The van der Waals surface area contributed by atoms with Crippen LogP contribution in [0.2, 0.25) is 0 Å². The third-order valence-corrected chi connectivity index (χ3v) is 3.68. The van der Waals surface area contributed by atoms with E-state index >= 15 is 0 Å². The van der Waals surface area contributed by atoms with E-state index < -0.39 is 0 Å². The average molecular weight is 267 g/mol. The maximum Gasteiger partial charge on any atom is 0.276 e. The van der Waals surface area contributed by atoms with Gasteiger partial charge in [-0.1, -0.05) is 6.07 Å². The van der Waals surface area contributed by atoms with E-state index in [1.807, 2.05) is 38.1 Å². The van der Waals surface area contributed by atoms with E-state index in [4.69, 9.17) is 0 Å². The van der Waals surface area contributed by atoms with E-state index in [-0.39, 0.29) is 5.91 Å². The Bertz CT molecular complexity index is 645. The first-order chi connectivity index (χ1) is 9.63. The van der Waals surface area contributed by atoms with Gasteiger partial charge >= 0.3 is 0 Å². The van der Waals surface area contributed by atoms with Crippen LogP contribution in [0, 0.1) is 13.8 Å². The van der Waals surface area contributed by atoms with E-state index in [9.17, 15) is 4.79 Å². The molecule has 2 aromatic rings. The molecule has 1 aliphatic carbocycles. The van der Waals surface area contributed by atoms with Gasteiger partial charge in [0.15, 0.2) is 5.69 Å². The number of nitrogens with one attached hydrogen (secondary N) is 1. The van der Waals surface area contributed by atoms with Crippen molar-refractivity contribution in [3.8, 4) is 0 Å². The lowest BCUT2D eigenvalue weighted by Crippen LogP contribution is -2.14. The molecule has 1 fully saturated rings. The van der Waals surface area contributed by atoms with E-state index in [1.54, 1.807) is 6.07 Å². The number of hydrogen-bond acceptors (Lipinski definition) is 3. The molecule has 0 saturated heterocycles. The van der Waals surface area contributed by atoms with Gasteiger partial charge in [0.2, 0.25) is 0 Å². The van der Waals surface area contributed by atoms with Gasteiger partial charge in [-0.15, -0.1) is 5.10 Å². The number of anilines is 1. The zero-order chi connectivity index (χ0) is 14.1. The maximum absolute atomic E-state index is 12.1. The molecule has 0 atom stereocenters. The van der Waals surface area contributed by atoms with Crippen molar-refractivity contribution in [1.82, 2.24) is 10.2 Å². The quantitative estimate of drug-likeness (QED) is 0.929. The standard InChI is InChI=1S/C16H17N3O/c1-10-3-6-13(9-11(10)2)17-16(20)15-8-7-14(18-19-15)12-4-5-12/h3,6-9,12H,4-5H2,1-2H3,(H,17,20). The van der Waals surface area contributed by atoms with E-state index in [0.29, 0.717) is 11.6 Å². The zero-order valence-electron chi connectivity index (χ0n) is 11.7. The van der Waals surface area contributed by atoms with Crippen LogP contribution in [-0.4, -0.2) is 16.1 Å². The molecule has 1 heterocycles. The van der Waals surface area contributed by atoms with Gasteiger partial charge in [0.05, 0.1) is 5.69 Å². The van der Waals surface area contributed by atoms with Crippen LogP contribution in [0.4, 0.5) is 5.69 Å². The summed E-state index contributed by atoms with van der Waals surface area (Å²) in [6, 6.07) is 9.50. The Morgan fingerprint density at radius 1 is 1.10 bits per heavy atom. The molecule has 102 valence electrons. The minimum Gasteiger partial charge on any atom is -0.321 e. The molecule has 1 saturated carbocycles. The molecule has 1 aromatic heterocycles. The van der Waals surface area contributed by atoms with Crippen molar-refractivity contribution >= 4 is 11.6 Å². The molecule has 0 aliphatic heterocycles. The molecule has 0 radical (unpaired) electrons. The van der Waals surface area contributed by atoms with Gasteiger partial charge in [0.25, 0.3) is 5.91 Å².